The third-order valence-electron chi connectivity index (χ3n) is 3.86. The Morgan fingerprint density at radius 1 is 1.56 bits per heavy atom. The van der Waals surface area contributed by atoms with Crippen LogP contribution in [0.5, 0.6) is 0 Å². The van der Waals surface area contributed by atoms with Crippen molar-refractivity contribution in [3.63, 3.8) is 0 Å². The van der Waals surface area contributed by atoms with Gasteiger partial charge in [0.15, 0.2) is 0 Å². The van der Waals surface area contributed by atoms with E-state index in [1.165, 1.54) is 6.07 Å². The number of halogens is 1. The van der Waals surface area contributed by atoms with Crippen LogP contribution in [-0.4, -0.2) is 24.3 Å². The molecule has 0 radical (unpaired) electrons. The van der Waals surface area contributed by atoms with Gasteiger partial charge in [-0.25, -0.2) is 4.39 Å². The number of nitrogens with zero attached hydrogens (tertiary/aromatic N) is 1. The summed E-state index contributed by atoms with van der Waals surface area (Å²) in [5, 5.41) is 9.50. The predicted octanol–water partition coefficient (Wildman–Crippen LogP) is 2.05. The van der Waals surface area contributed by atoms with Crippen molar-refractivity contribution in [3.05, 3.63) is 29.6 Å². The number of rotatable bonds is 3. The second-order valence-corrected chi connectivity index (χ2v) is 5.17. The van der Waals surface area contributed by atoms with E-state index in [4.69, 9.17) is 5.73 Å². The molecule has 0 bridgehead atoms. The molecule has 3 nitrogen and oxygen atoms in total. The van der Waals surface area contributed by atoms with Crippen LogP contribution < -0.4 is 10.6 Å². The number of hydrogen-bond donors (Lipinski definition) is 2. The van der Waals surface area contributed by atoms with Crippen LogP contribution in [0.25, 0.3) is 0 Å². The highest BCUT2D eigenvalue weighted by molar-refractivity contribution is 5.57. The van der Waals surface area contributed by atoms with Crippen LogP contribution >= 0.6 is 0 Å². The first-order valence-corrected chi connectivity index (χ1v) is 6.47. The molecule has 1 aromatic rings. The summed E-state index contributed by atoms with van der Waals surface area (Å²) in [7, 11) is 0. The second-order valence-electron chi connectivity index (χ2n) is 5.17. The van der Waals surface area contributed by atoms with Gasteiger partial charge in [-0.3, -0.25) is 0 Å². The van der Waals surface area contributed by atoms with Crippen molar-refractivity contribution < 1.29 is 9.50 Å². The number of nitrogens with two attached hydrogens (primary N) is 1. The number of aliphatic hydroxyl groups excluding tert-OH is 1. The van der Waals surface area contributed by atoms with Crippen LogP contribution in [0.3, 0.4) is 0 Å². The minimum atomic E-state index is -0.351. The summed E-state index contributed by atoms with van der Waals surface area (Å²) >= 11 is 0. The van der Waals surface area contributed by atoms with E-state index in [0.29, 0.717) is 11.5 Å². The van der Waals surface area contributed by atoms with Crippen LogP contribution in [0, 0.1) is 11.7 Å². The maximum Gasteiger partial charge on any atom is 0.130 e. The van der Waals surface area contributed by atoms with E-state index >= 15 is 0 Å². The summed E-state index contributed by atoms with van der Waals surface area (Å²) in [5.74, 6) is 0.151. The number of aliphatic hydroxyl groups is 1. The molecule has 2 unspecified atom stereocenters. The average Bonchev–Trinajstić information content (AvgIpc) is 2.69. The quantitative estimate of drug-likeness (QED) is 0.865. The molecule has 0 amide bonds. The highest BCUT2D eigenvalue weighted by Crippen LogP contribution is 2.34. The molecule has 18 heavy (non-hydrogen) atoms. The van der Waals surface area contributed by atoms with Gasteiger partial charge in [-0.2, -0.15) is 0 Å². The SMILES string of the molecule is CC1CCN(c2cccc(F)c2[C@@H](C)N)C1CO. The zero-order valence-corrected chi connectivity index (χ0v) is 10.9. The fourth-order valence-corrected chi connectivity index (χ4v) is 2.81. The molecule has 1 aliphatic heterocycles. The molecule has 1 aromatic carbocycles. The van der Waals surface area contributed by atoms with Crippen LogP contribution in [0.4, 0.5) is 10.1 Å². The summed E-state index contributed by atoms with van der Waals surface area (Å²) in [6.07, 6.45) is 1.01. The maximum absolute atomic E-state index is 13.9. The van der Waals surface area contributed by atoms with E-state index in [0.717, 1.165) is 18.7 Å². The number of hydrogen-bond acceptors (Lipinski definition) is 3. The molecule has 3 N–H and O–H groups in total. The normalized spacial score (nSPS) is 25.5. The first-order chi connectivity index (χ1) is 8.56. The molecule has 0 aliphatic carbocycles. The van der Waals surface area contributed by atoms with Crippen LogP contribution in [0.2, 0.25) is 0 Å². The zero-order valence-electron chi connectivity index (χ0n) is 10.9. The van der Waals surface area contributed by atoms with E-state index in [1.807, 2.05) is 6.07 Å². The first-order valence-electron chi connectivity index (χ1n) is 6.47. The molecule has 2 rings (SSSR count). The van der Waals surface area contributed by atoms with Gasteiger partial charge < -0.3 is 15.7 Å². The lowest BCUT2D eigenvalue weighted by Gasteiger charge is -2.30. The van der Waals surface area contributed by atoms with Gasteiger partial charge in [-0.15, -0.1) is 0 Å². The Kier molecular flexibility index (Phi) is 3.88. The highest BCUT2D eigenvalue weighted by atomic mass is 19.1. The Balaban J connectivity index is 2.42. The Hall–Kier alpha value is -1.13. The molecule has 3 atom stereocenters. The van der Waals surface area contributed by atoms with Crippen molar-refractivity contribution in [2.24, 2.45) is 11.7 Å². The lowest BCUT2D eigenvalue weighted by atomic mass is 10.0. The molecule has 0 aromatic heterocycles. The zero-order chi connectivity index (χ0) is 13.3. The van der Waals surface area contributed by atoms with Gasteiger partial charge in [0, 0.05) is 23.8 Å². The topological polar surface area (TPSA) is 49.5 Å². The second kappa shape index (κ2) is 5.24. The summed E-state index contributed by atoms with van der Waals surface area (Å²) < 4.78 is 13.9. The molecule has 0 saturated carbocycles. The predicted molar refractivity (Wildman–Crippen MR) is 71.0 cm³/mol. The third-order valence-corrected chi connectivity index (χ3v) is 3.86. The van der Waals surface area contributed by atoms with Gasteiger partial charge >= 0.3 is 0 Å². The smallest absolute Gasteiger partial charge is 0.130 e. The molecule has 0 spiro atoms. The molecule has 1 saturated heterocycles. The van der Waals surface area contributed by atoms with Crippen molar-refractivity contribution in [2.45, 2.75) is 32.4 Å². The Morgan fingerprint density at radius 2 is 2.28 bits per heavy atom. The standard InChI is InChI=1S/C14H21FN2O/c1-9-6-7-17(13(9)8-18)12-5-3-4-11(15)14(12)10(2)16/h3-5,9-10,13,18H,6-8,16H2,1-2H3/t9?,10-,13?/m1/s1. The summed E-state index contributed by atoms with van der Waals surface area (Å²) in [5.41, 5.74) is 7.25. The van der Waals surface area contributed by atoms with Crippen molar-refractivity contribution in [1.29, 1.82) is 0 Å². The van der Waals surface area contributed by atoms with Crippen molar-refractivity contribution in [2.75, 3.05) is 18.1 Å². The van der Waals surface area contributed by atoms with E-state index < -0.39 is 0 Å². The molecular weight excluding hydrogens is 231 g/mol. The fraction of sp³-hybridized carbons (Fsp3) is 0.571. The molecule has 4 heteroatoms. The van der Waals surface area contributed by atoms with E-state index in [1.54, 1.807) is 13.0 Å². The first kappa shape index (κ1) is 13.3. The Labute approximate surface area is 107 Å². The summed E-state index contributed by atoms with van der Waals surface area (Å²) in [6, 6.07) is 4.74. The molecule has 100 valence electrons. The summed E-state index contributed by atoms with van der Waals surface area (Å²) in [6.45, 7) is 4.84. The molecular formula is C14H21FN2O. The number of benzene rings is 1. The fourth-order valence-electron chi connectivity index (χ4n) is 2.81. The van der Waals surface area contributed by atoms with Gasteiger partial charge in [0.2, 0.25) is 0 Å². The van der Waals surface area contributed by atoms with Gasteiger partial charge in [0.1, 0.15) is 5.82 Å². The molecule has 1 fully saturated rings. The maximum atomic E-state index is 13.9. The van der Waals surface area contributed by atoms with Gasteiger partial charge in [-0.05, 0) is 31.4 Å². The Bertz CT molecular complexity index is 422. The monoisotopic (exact) mass is 252 g/mol. The summed E-state index contributed by atoms with van der Waals surface area (Å²) in [4.78, 5) is 2.09. The average molecular weight is 252 g/mol. The van der Waals surface area contributed by atoms with Crippen LogP contribution in [0.1, 0.15) is 31.9 Å². The molecule has 1 heterocycles. The van der Waals surface area contributed by atoms with Crippen LogP contribution in [-0.2, 0) is 0 Å². The van der Waals surface area contributed by atoms with Crippen molar-refractivity contribution in [3.8, 4) is 0 Å². The van der Waals surface area contributed by atoms with Gasteiger partial charge in [-0.1, -0.05) is 13.0 Å². The minimum absolute atomic E-state index is 0.0595. The minimum Gasteiger partial charge on any atom is -0.394 e. The third kappa shape index (κ3) is 2.22. The highest BCUT2D eigenvalue weighted by Gasteiger charge is 2.32. The van der Waals surface area contributed by atoms with E-state index in [-0.39, 0.29) is 24.5 Å². The van der Waals surface area contributed by atoms with Crippen molar-refractivity contribution in [1.82, 2.24) is 0 Å². The van der Waals surface area contributed by atoms with E-state index in [2.05, 4.69) is 11.8 Å². The Morgan fingerprint density at radius 3 is 2.89 bits per heavy atom. The van der Waals surface area contributed by atoms with E-state index in [9.17, 15) is 9.50 Å². The van der Waals surface area contributed by atoms with Gasteiger partial charge in [0.05, 0.1) is 12.6 Å². The molecule has 1 aliphatic rings. The lowest BCUT2D eigenvalue weighted by Crippen LogP contribution is -2.36. The van der Waals surface area contributed by atoms with Gasteiger partial charge in [0.25, 0.3) is 0 Å². The van der Waals surface area contributed by atoms with Crippen LogP contribution in [0.15, 0.2) is 18.2 Å². The number of anilines is 1. The van der Waals surface area contributed by atoms with Crippen molar-refractivity contribution >= 4 is 5.69 Å². The largest absolute Gasteiger partial charge is 0.394 e. The lowest BCUT2D eigenvalue weighted by molar-refractivity contribution is 0.244.